The van der Waals surface area contributed by atoms with Crippen molar-refractivity contribution in [1.29, 1.82) is 0 Å². The summed E-state index contributed by atoms with van der Waals surface area (Å²) in [5.74, 6) is 0.755. The molecule has 0 aromatic rings. The van der Waals surface area contributed by atoms with Crippen LogP contribution in [0.4, 0.5) is 0 Å². The van der Waals surface area contributed by atoms with Crippen molar-refractivity contribution in [2.45, 2.75) is 65.7 Å². The topological polar surface area (TPSA) is 24.1 Å². The molecular formula is C16H34N2. The van der Waals surface area contributed by atoms with Gasteiger partial charge in [0.2, 0.25) is 0 Å². The van der Waals surface area contributed by atoms with Crippen molar-refractivity contribution in [1.82, 2.24) is 10.6 Å². The molecule has 0 aromatic heterocycles. The van der Waals surface area contributed by atoms with E-state index >= 15 is 0 Å². The van der Waals surface area contributed by atoms with Gasteiger partial charge in [-0.15, -0.1) is 0 Å². The third-order valence-electron chi connectivity index (χ3n) is 3.29. The Labute approximate surface area is 115 Å². The van der Waals surface area contributed by atoms with Gasteiger partial charge in [-0.05, 0) is 57.3 Å². The Morgan fingerprint density at radius 1 is 0.889 bits per heavy atom. The van der Waals surface area contributed by atoms with Crippen LogP contribution in [0.5, 0.6) is 0 Å². The molecule has 0 aliphatic heterocycles. The van der Waals surface area contributed by atoms with Crippen LogP contribution in [0, 0.1) is 5.92 Å². The third-order valence-corrected chi connectivity index (χ3v) is 3.29. The van der Waals surface area contributed by atoms with Crippen LogP contribution in [-0.2, 0) is 0 Å². The smallest absolute Gasteiger partial charge is 0.0138 e. The fourth-order valence-electron chi connectivity index (χ4n) is 1.95. The maximum atomic E-state index is 3.51. The highest BCUT2D eigenvalue weighted by Gasteiger charge is 2.01. The molecule has 0 aromatic carbocycles. The minimum absolute atomic E-state index is 0.755. The van der Waals surface area contributed by atoms with E-state index in [0.29, 0.717) is 0 Å². The van der Waals surface area contributed by atoms with Crippen molar-refractivity contribution in [3.63, 3.8) is 0 Å². The Morgan fingerprint density at radius 2 is 1.67 bits per heavy atom. The molecule has 1 unspecified atom stereocenters. The molecule has 0 radical (unpaired) electrons. The van der Waals surface area contributed by atoms with Crippen molar-refractivity contribution >= 4 is 0 Å². The van der Waals surface area contributed by atoms with E-state index in [9.17, 15) is 0 Å². The first-order valence-corrected chi connectivity index (χ1v) is 7.95. The highest BCUT2D eigenvalue weighted by molar-refractivity contribution is 4.86. The standard InChI is InChI=1S/C16H34N2/c1-4-7-13-18-14-9-8-10-16(6-3)11-15-17-12-5-2/h11,15-18H,4-10,12-14H2,1-3H3/b15-11-. The van der Waals surface area contributed by atoms with Crippen LogP contribution in [-0.4, -0.2) is 19.6 Å². The number of allylic oxidation sites excluding steroid dienone is 1. The predicted octanol–water partition coefficient (Wildman–Crippen LogP) is 4.09. The van der Waals surface area contributed by atoms with E-state index in [-0.39, 0.29) is 0 Å². The van der Waals surface area contributed by atoms with Gasteiger partial charge >= 0.3 is 0 Å². The Bertz CT molecular complexity index is 178. The minimum Gasteiger partial charge on any atom is -0.391 e. The summed E-state index contributed by atoms with van der Waals surface area (Å²) in [6.07, 6.45) is 13.5. The second-order valence-electron chi connectivity index (χ2n) is 5.08. The molecule has 0 heterocycles. The van der Waals surface area contributed by atoms with Crippen LogP contribution >= 0.6 is 0 Å². The van der Waals surface area contributed by atoms with Crippen LogP contribution < -0.4 is 10.6 Å². The Kier molecular flexibility index (Phi) is 14.2. The molecule has 0 rings (SSSR count). The molecule has 2 nitrogen and oxygen atoms in total. The van der Waals surface area contributed by atoms with E-state index in [4.69, 9.17) is 0 Å². The van der Waals surface area contributed by atoms with Crippen molar-refractivity contribution in [3.05, 3.63) is 12.3 Å². The summed E-state index contributed by atoms with van der Waals surface area (Å²) in [7, 11) is 0. The lowest BCUT2D eigenvalue weighted by Gasteiger charge is -2.10. The maximum Gasteiger partial charge on any atom is 0.0138 e. The first-order valence-electron chi connectivity index (χ1n) is 7.95. The molecule has 0 aliphatic carbocycles. The number of nitrogens with one attached hydrogen (secondary N) is 2. The van der Waals surface area contributed by atoms with E-state index in [1.165, 1.54) is 58.0 Å². The van der Waals surface area contributed by atoms with Gasteiger partial charge in [0, 0.05) is 6.54 Å². The summed E-state index contributed by atoms with van der Waals surface area (Å²) in [6.45, 7) is 10.2. The molecule has 0 bridgehead atoms. The summed E-state index contributed by atoms with van der Waals surface area (Å²) in [5, 5.41) is 6.84. The van der Waals surface area contributed by atoms with Gasteiger partial charge in [0.25, 0.3) is 0 Å². The predicted molar refractivity (Wildman–Crippen MR) is 82.8 cm³/mol. The SMILES string of the molecule is CCCCNCCCCC(/C=C\NCCC)CC. The molecule has 18 heavy (non-hydrogen) atoms. The molecule has 0 saturated carbocycles. The van der Waals surface area contributed by atoms with Gasteiger partial charge in [-0.1, -0.05) is 39.7 Å². The lowest BCUT2D eigenvalue weighted by atomic mass is 9.99. The van der Waals surface area contributed by atoms with Gasteiger partial charge in [0.15, 0.2) is 0 Å². The molecule has 0 fully saturated rings. The van der Waals surface area contributed by atoms with E-state index in [0.717, 1.165) is 12.5 Å². The summed E-state index contributed by atoms with van der Waals surface area (Å²) in [5.41, 5.74) is 0. The zero-order valence-corrected chi connectivity index (χ0v) is 12.8. The van der Waals surface area contributed by atoms with Gasteiger partial charge in [-0.2, -0.15) is 0 Å². The summed E-state index contributed by atoms with van der Waals surface area (Å²) in [6, 6.07) is 0. The maximum absolute atomic E-state index is 3.51. The minimum atomic E-state index is 0.755. The normalized spacial score (nSPS) is 13.1. The molecular weight excluding hydrogens is 220 g/mol. The van der Waals surface area contributed by atoms with E-state index in [1.807, 2.05) is 0 Å². The van der Waals surface area contributed by atoms with E-state index in [1.54, 1.807) is 0 Å². The average Bonchev–Trinajstić information content (AvgIpc) is 2.40. The quantitative estimate of drug-likeness (QED) is 0.484. The summed E-state index contributed by atoms with van der Waals surface area (Å²) < 4.78 is 0. The molecule has 0 amide bonds. The largest absolute Gasteiger partial charge is 0.391 e. The van der Waals surface area contributed by atoms with Gasteiger partial charge in [-0.3, -0.25) is 0 Å². The van der Waals surface area contributed by atoms with Crippen LogP contribution in [0.25, 0.3) is 0 Å². The van der Waals surface area contributed by atoms with Gasteiger partial charge in [0.1, 0.15) is 0 Å². The number of hydrogen-bond acceptors (Lipinski definition) is 2. The molecule has 2 heteroatoms. The van der Waals surface area contributed by atoms with Gasteiger partial charge in [-0.25, -0.2) is 0 Å². The van der Waals surface area contributed by atoms with Crippen molar-refractivity contribution in [2.75, 3.05) is 19.6 Å². The molecule has 2 N–H and O–H groups in total. The zero-order valence-electron chi connectivity index (χ0n) is 12.8. The van der Waals surface area contributed by atoms with Crippen LogP contribution in [0.15, 0.2) is 12.3 Å². The van der Waals surface area contributed by atoms with E-state index < -0.39 is 0 Å². The molecule has 0 aliphatic rings. The van der Waals surface area contributed by atoms with Crippen LogP contribution in [0.2, 0.25) is 0 Å². The summed E-state index contributed by atoms with van der Waals surface area (Å²) >= 11 is 0. The van der Waals surface area contributed by atoms with Crippen molar-refractivity contribution in [2.24, 2.45) is 5.92 Å². The Balaban J connectivity index is 3.40. The van der Waals surface area contributed by atoms with Gasteiger partial charge in [0.05, 0.1) is 0 Å². The monoisotopic (exact) mass is 254 g/mol. The zero-order chi connectivity index (χ0) is 13.5. The molecule has 0 saturated heterocycles. The Hall–Kier alpha value is -0.500. The van der Waals surface area contributed by atoms with E-state index in [2.05, 4.69) is 43.7 Å². The van der Waals surface area contributed by atoms with Crippen LogP contribution in [0.1, 0.15) is 65.7 Å². The fourth-order valence-corrected chi connectivity index (χ4v) is 1.95. The number of unbranched alkanes of at least 4 members (excludes halogenated alkanes) is 2. The van der Waals surface area contributed by atoms with Gasteiger partial charge < -0.3 is 10.6 Å². The highest BCUT2D eigenvalue weighted by Crippen LogP contribution is 2.13. The lowest BCUT2D eigenvalue weighted by Crippen LogP contribution is -2.16. The molecule has 1 atom stereocenters. The number of hydrogen-bond donors (Lipinski definition) is 2. The van der Waals surface area contributed by atoms with Crippen molar-refractivity contribution in [3.8, 4) is 0 Å². The Morgan fingerprint density at radius 3 is 2.33 bits per heavy atom. The third kappa shape index (κ3) is 12.0. The second kappa shape index (κ2) is 14.6. The lowest BCUT2D eigenvalue weighted by molar-refractivity contribution is 0.511. The first-order chi connectivity index (χ1) is 8.85. The second-order valence-corrected chi connectivity index (χ2v) is 5.08. The summed E-state index contributed by atoms with van der Waals surface area (Å²) in [4.78, 5) is 0. The first kappa shape index (κ1) is 17.5. The van der Waals surface area contributed by atoms with Crippen molar-refractivity contribution < 1.29 is 0 Å². The molecule has 0 spiro atoms. The van der Waals surface area contributed by atoms with Crippen LogP contribution in [0.3, 0.4) is 0 Å². The molecule has 108 valence electrons. The number of rotatable bonds is 13. The fraction of sp³-hybridized carbons (Fsp3) is 0.875. The average molecular weight is 254 g/mol. The highest BCUT2D eigenvalue weighted by atomic mass is 14.8.